The molecule has 0 amide bonds. The summed E-state index contributed by atoms with van der Waals surface area (Å²) < 4.78 is 13.9. The summed E-state index contributed by atoms with van der Waals surface area (Å²) in [7, 11) is 0. The van der Waals surface area contributed by atoms with Gasteiger partial charge in [-0.1, -0.05) is 39.0 Å². The maximum atomic E-state index is 13.9. The van der Waals surface area contributed by atoms with E-state index in [4.69, 9.17) is 0 Å². The first-order chi connectivity index (χ1) is 9.36. The Labute approximate surface area is 122 Å². The van der Waals surface area contributed by atoms with Crippen LogP contribution < -0.4 is 5.32 Å². The van der Waals surface area contributed by atoms with Crippen LogP contribution in [0, 0.1) is 22.6 Å². The minimum absolute atomic E-state index is 0.0770. The second-order valence-corrected chi connectivity index (χ2v) is 7.57. The summed E-state index contributed by atoms with van der Waals surface area (Å²) >= 11 is 0. The van der Waals surface area contributed by atoms with Gasteiger partial charge in [0, 0.05) is 17.6 Å². The largest absolute Gasteiger partial charge is 0.307 e. The van der Waals surface area contributed by atoms with E-state index in [0.717, 1.165) is 11.5 Å². The molecule has 3 rings (SSSR count). The van der Waals surface area contributed by atoms with Crippen molar-refractivity contribution in [3.63, 3.8) is 0 Å². The van der Waals surface area contributed by atoms with Gasteiger partial charge in [-0.05, 0) is 49.0 Å². The van der Waals surface area contributed by atoms with Gasteiger partial charge in [-0.2, -0.15) is 0 Å². The number of rotatable bonds is 3. The zero-order chi connectivity index (χ0) is 14.5. The summed E-state index contributed by atoms with van der Waals surface area (Å²) in [6, 6.07) is 7.71. The van der Waals surface area contributed by atoms with Crippen molar-refractivity contribution in [2.75, 3.05) is 0 Å². The quantitative estimate of drug-likeness (QED) is 0.843. The number of nitrogens with one attached hydrogen (secondary N) is 1. The Morgan fingerprint density at radius 1 is 1.25 bits per heavy atom. The molecule has 20 heavy (non-hydrogen) atoms. The van der Waals surface area contributed by atoms with E-state index in [9.17, 15) is 4.39 Å². The molecule has 2 aliphatic carbocycles. The molecule has 110 valence electrons. The Bertz CT molecular complexity index is 510. The van der Waals surface area contributed by atoms with E-state index < -0.39 is 0 Å². The van der Waals surface area contributed by atoms with Gasteiger partial charge in [0.2, 0.25) is 0 Å². The number of benzene rings is 1. The molecule has 2 fully saturated rings. The van der Waals surface area contributed by atoms with Crippen molar-refractivity contribution in [3.05, 3.63) is 35.6 Å². The van der Waals surface area contributed by atoms with Crippen molar-refractivity contribution in [2.45, 2.75) is 59.0 Å². The molecule has 1 N–H and O–H groups in total. The molecule has 2 saturated carbocycles. The number of fused-ring (bicyclic) bond motifs is 2. The van der Waals surface area contributed by atoms with Crippen LogP contribution in [0.4, 0.5) is 4.39 Å². The third-order valence-electron chi connectivity index (χ3n) is 6.62. The third-order valence-corrected chi connectivity index (χ3v) is 6.62. The van der Waals surface area contributed by atoms with E-state index in [1.807, 2.05) is 12.1 Å². The summed E-state index contributed by atoms with van der Waals surface area (Å²) in [4.78, 5) is 0. The van der Waals surface area contributed by atoms with Gasteiger partial charge in [-0.3, -0.25) is 0 Å². The van der Waals surface area contributed by atoms with E-state index in [-0.39, 0.29) is 11.9 Å². The molecule has 4 unspecified atom stereocenters. The first-order valence-electron chi connectivity index (χ1n) is 7.87. The topological polar surface area (TPSA) is 12.0 Å². The number of hydrogen-bond acceptors (Lipinski definition) is 1. The minimum atomic E-state index is -0.0972. The summed E-state index contributed by atoms with van der Waals surface area (Å²) in [5.41, 5.74) is 1.54. The van der Waals surface area contributed by atoms with Gasteiger partial charge in [-0.25, -0.2) is 4.39 Å². The summed E-state index contributed by atoms with van der Waals surface area (Å²) in [6.45, 7) is 9.34. The molecule has 0 aromatic heterocycles. The van der Waals surface area contributed by atoms with Crippen LogP contribution in [0.15, 0.2) is 24.3 Å². The Hall–Kier alpha value is -0.890. The molecule has 2 heteroatoms. The normalized spacial score (nSPS) is 36.2. The van der Waals surface area contributed by atoms with Crippen molar-refractivity contribution < 1.29 is 4.39 Å². The number of halogens is 1. The van der Waals surface area contributed by atoms with Gasteiger partial charge < -0.3 is 5.32 Å². The molecule has 2 bridgehead atoms. The Morgan fingerprint density at radius 2 is 1.95 bits per heavy atom. The van der Waals surface area contributed by atoms with Crippen LogP contribution in [-0.4, -0.2) is 6.04 Å². The Kier molecular flexibility index (Phi) is 3.20. The van der Waals surface area contributed by atoms with E-state index >= 15 is 0 Å². The first-order valence-corrected chi connectivity index (χ1v) is 7.87. The SMILES string of the molecule is CC(NC1CC2CCC1(C)C2(C)C)c1ccccc1F. The van der Waals surface area contributed by atoms with Gasteiger partial charge in [0.05, 0.1) is 0 Å². The monoisotopic (exact) mass is 275 g/mol. The molecule has 4 atom stereocenters. The van der Waals surface area contributed by atoms with E-state index in [0.29, 0.717) is 16.9 Å². The molecule has 2 aliphatic rings. The standard InChI is InChI=1S/C18H26FN/c1-12(14-7-5-6-8-15(14)19)20-16-11-13-9-10-18(16,4)17(13,2)3/h5-8,12-13,16,20H,9-11H2,1-4H3. The van der Waals surface area contributed by atoms with Crippen LogP contribution in [0.3, 0.4) is 0 Å². The average Bonchev–Trinajstić information content (AvgIpc) is 2.72. The Balaban J connectivity index is 1.79. The zero-order valence-electron chi connectivity index (χ0n) is 13.0. The highest BCUT2D eigenvalue weighted by molar-refractivity contribution is 5.22. The average molecular weight is 275 g/mol. The number of hydrogen-bond donors (Lipinski definition) is 1. The van der Waals surface area contributed by atoms with Gasteiger partial charge >= 0.3 is 0 Å². The fraction of sp³-hybridized carbons (Fsp3) is 0.667. The van der Waals surface area contributed by atoms with Crippen molar-refractivity contribution in [1.82, 2.24) is 5.32 Å². The lowest BCUT2D eigenvalue weighted by molar-refractivity contribution is 0.116. The molecule has 1 aromatic rings. The molecule has 0 heterocycles. The lowest BCUT2D eigenvalue weighted by Crippen LogP contribution is -2.45. The van der Waals surface area contributed by atoms with E-state index in [2.05, 4.69) is 33.0 Å². The highest BCUT2D eigenvalue weighted by atomic mass is 19.1. The first kappa shape index (κ1) is 14.1. The van der Waals surface area contributed by atoms with Gasteiger partial charge in [0.15, 0.2) is 0 Å². The van der Waals surface area contributed by atoms with Crippen molar-refractivity contribution in [1.29, 1.82) is 0 Å². The maximum absolute atomic E-state index is 13.9. The van der Waals surface area contributed by atoms with Crippen molar-refractivity contribution in [2.24, 2.45) is 16.7 Å². The molecule has 0 saturated heterocycles. The molecule has 0 radical (unpaired) electrons. The maximum Gasteiger partial charge on any atom is 0.127 e. The summed E-state index contributed by atoms with van der Waals surface area (Å²) in [6.07, 6.45) is 3.89. The lowest BCUT2D eigenvalue weighted by Gasteiger charge is -2.40. The lowest BCUT2D eigenvalue weighted by atomic mass is 9.69. The highest BCUT2D eigenvalue weighted by Gasteiger charge is 2.61. The van der Waals surface area contributed by atoms with Crippen molar-refractivity contribution in [3.8, 4) is 0 Å². The highest BCUT2D eigenvalue weighted by Crippen LogP contribution is 2.65. The van der Waals surface area contributed by atoms with Gasteiger partial charge in [-0.15, -0.1) is 0 Å². The smallest absolute Gasteiger partial charge is 0.127 e. The molecule has 0 spiro atoms. The fourth-order valence-corrected chi connectivity index (χ4v) is 4.67. The van der Waals surface area contributed by atoms with Crippen LogP contribution >= 0.6 is 0 Å². The third kappa shape index (κ3) is 1.84. The summed E-state index contributed by atoms with van der Waals surface area (Å²) in [5.74, 6) is 0.720. The van der Waals surface area contributed by atoms with Crippen molar-refractivity contribution >= 4 is 0 Å². The Morgan fingerprint density at radius 3 is 2.50 bits per heavy atom. The van der Waals surface area contributed by atoms with Gasteiger partial charge in [0.25, 0.3) is 0 Å². The molecule has 1 aromatic carbocycles. The van der Waals surface area contributed by atoms with Gasteiger partial charge in [0.1, 0.15) is 5.82 Å². The molecule has 0 aliphatic heterocycles. The minimum Gasteiger partial charge on any atom is -0.307 e. The zero-order valence-corrected chi connectivity index (χ0v) is 13.0. The molecular formula is C18H26FN. The predicted octanol–water partition coefficient (Wildman–Crippen LogP) is 4.69. The summed E-state index contributed by atoms with van der Waals surface area (Å²) in [5, 5.41) is 3.72. The van der Waals surface area contributed by atoms with Crippen LogP contribution in [0.1, 0.15) is 58.6 Å². The molecular weight excluding hydrogens is 249 g/mol. The predicted molar refractivity (Wildman–Crippen MR) is 81.0 cm³/mol. The molecule has 1 nitrogen and oxygen atoms in total. The second kappa shape index (κ2) is 4.56. The van der Waals surface area contributed by atoms with Crippen LogP contribution in [0.2, 0.25) is 0 Å². The fourth-order valence-electron chi connectivity index (χ4n) is 4.67. The van der Waals surface area contributed by atoms with Crippen LogP contribution in [0.5, 0.6) is 0 Å². The van der Waals surface area contributed by atoms with E-state index in [1.54, 1.807) is 12.1 Å². The second-order valence-electron chi connectivity index (χ2n) is 7.57. The van der Waals surface area contributed by atoms with E-state index in [1.165, 1.54) is 19.3 Å². The van der Waals surface area contributed by atoms with Crippen LogP contribution in [-0.2, 0) is 0 Å². The van der Waals surface area contributed by atoms with Crippen LogP contribution in [0.25, 0.3) is 0 Å².